The lowest BCUT2D eigenvalue weighted by Gasteiger charge is -2.11. The number of hydrogen-bond donors (Lipinski definition) is 1. The Morgan fingerprint density at radius 1 is 1.36 bits per heavy atom. The molecule has 0 bridgehead atoms. The second kappa shape index (κ2) is 6.03. The molecule has 2 rings (SSSR count). The highest BCUT2D eigenvalue weighted by atomic mass is 79.9. The van der Waals surface area contributed by atoms with E-state index in [9.17, 15) is 22.4 Å². The van der Waals surface area contributed by atoms with Crippen molar-refractivity contribution in [3.05, 3.63) is 33.7 Å². The van der Waals surface area contributed by atoms with E-state index in [1.807, 2.05) is 0 Å². The van der Waals surface area contributed by atoms with Gasteiger partial charge >= 0.3 is 12.1 Å². The van der Waals surface area contributed by atoms with Crippen molar-refractivity contribution in [2.24, 2.45) is 0 Å². The van der Waals surface area contributed by atoms with E-state index in [1.165, 1.54) is 0 Å². The standard InChI is InChI=1S/C12H8BrF4N3O2/c1-2-22-11(21)10-9(18-20-19-10)6-3-5(13)4-7(8(6)14)12(15,16)17/h3-4H,2H2,1H3,(H,18,19,20). The van der Waals surface area contributed by atoms with Gasteiger partial charge in [0, 0.05) is 10.0 Å². The molecule has 0 spiro atoms. The van der Waals surface area contributed by atoms with Crippen LogP contribution in [-0.2, 0) is 10.9 Å². The van der Waals surface area contributed by atoms with Crippen molar-refractivity contribution in [2.75, 3.05) is 6.61 Å². The van der Waals surface area contributed by atoms with E-state index in [4.69, 9.17) is 4.74 Å². The van der Waals surface area contributed by atoms with Gasteiger partial charge in [-0.05, 0) is 19.1 Å². The van der Waals surface area contributed by atoms with Crippen LogP contribution in [0.1, 0.15) is 23.0 Å². The van der Waals surface area contributed by atoms with Crippen LogP contribution in [0.5, 0.6) is 0 Å². The fourth-order valence-electron chi connectivity index (χ4n) is 1.73. The summed E-state index contributed by atoms with van der Waals surface area (Å²) in [4.78, 5) is 11.7. The summed E-state index contributed by atoms with van der Waals surface area (Å²) >= 11 is 2.88. The number of aromatic amines is 1. The van der Waals surface area contributed by atoms with Crippen LogP contribution in [0.15, 0.2) is 16.6 Å². The zero-order valence-corrected chi connectivity index (χ0v) is 12.5. The van der Waals surface area contributed by atoms with E-state index < -0.39 is 34.8 Å². The molecule has 10 heteroatoms. The normalized spacial score (nSPS) is 11.5. The third-order valence-corrected chi connectivity index (χ3v) is 3.07. The van der Waals surface area contributed by atoms with Crippen LogP contribution in [0.25, 0.3) is 11.3 Å². The number of rotatable bonds is 3. The summed E-state index contributed by atoms with van der Waals surface area (Å²) in [5.74, 6) is -2.46. The first-order valence-electron chi connectivity index (χ1n) is 5.90. The van der Waals surface area contributed by atoms with Crippen molar-refractivity contribution < 1.29 is 27.1 Å². The van der Waals surface area contributed by atoms with Crippen LogP contribution in [-0.4, -0.2) is 28.0 Å². The number of hydrogen-bond acceptors (Lipinski definition) is 4. The van der Waals surface area contributed by atoms with Gasteiger partial charge in [-0.1, -0.05) is 15.9 Å². The first-order chi connectivity index (χ1) is 10.3. The molecule has 0 atom stereocenters. The number of carbonyl (C=O) groups is 1. The predicted octanol–water partition coefficient (Wildman–Crippen LogP) is 3.57. The van der Waals surface area contributed by atoms with E-state index in [1.54, 1.807) is 6.92 Å². The summed E-state index contributed by atoms with van der Waals surface area (Å²) in [7, 11) is 0. The number of esters is 1. The van der Waals surface area contributed by atoms with Crippen molar-refractivity contribution in [3.63, 3.8) is 0 Å². The van der Waals surface area contributed by atoms with E-state index in [2.05, 4.69) is 31.3 Å². The molecule has 1 aromatic carbocycles. The van der Waals surface area contributed by atoms with Crippen molar-refractivity contribution >= 4 is 21.9 Å². The van der Waals surface area contributed by atoms with Gasteiger partial charge in [-0.2, -0.15) is 23.5 Å². The highest BCUT2D eigenvalue weighted by Gasteiger charge is 2.36. The molecule has 1 N–H and O–H groups in total. The second-order valence-electron chi connectivity index (χ2n) is 4.05. The Bertz CT molecular complexity index is 715. The lowest BCUT2D eigenvalue weighted by atomic mass is 10.0. The smallest absolute Gasteiger partial charge is 0.419 e. The van der Waals surface area contributed by atoms with E-state index in [-0.39, 0.29) is 16.8 Å². The van der Waals surface area contributed by atoms with Gasteiger partial charge in [0.1, 0.15) is 11.5 Å². The summed E-state index contributed by atoms with van der Waals surface area (Å²) < 4.78 is 57.3. The number of alkyl halides is 3. The Labute approximate surface area is 129 Å². The van der Waals surface area contributed by atoms with Gasteiger partial charge in [-0.3, -0.25) is 0 Å². The molecule has 0 amide bonds. The lowest BCUT2D eigenvalue weighted by molar-refractivity contribution is -0.139. The monoisotopic (exact) mass is 381 g/mol. The molecule has 0 unspecified atom stereocenters. The SMILES string of the molecule is CCOC(=O)c1n[nH]nc1-c1cc(Br)cc(C(F)(F)F)c1F. The summed E-state index contributed by atoms with van der Waals surface area (Å²) in [5, 5.41) is 9.13. The molecule has 0 aliphatic heterocycles. The Kier molecular flexibility index (Phi) is 4.50. The Balaban J connectivity index is 2.62. The molecule has 0 aliphatic carbocycles. The molecule has 1 aromatic heterocycles. The third-order valence-electron chi connectivity index (χ3n) is 2.61. The summed E-state index contributed by atoms with van der Waals surface area (Å²) in [5.41, 5.74) is -2.75. The van der Waals surface area contributed by atoms with Crippen LogP contribution in [0.4, 0.5) is 17.6 Å². The third kappa shape index (κ3) is 3.11. The summed E-state index contributed by atoms with van der Waals surface area (Å²) in [6, 6.07) is 1.67. The van der Waals surface area contributed by atoms with Crippen LogP contribution in [0.3, 0.4) is 0 Å². The number of aromatic nitrogens is 3. The molecular weight excluding hydrogens is 374 g/mol. The number of nitrogens with one attached hydrogen (secondary N) is 1. The van der Waals surface area contributed by atoms with E-state index in [0.29, 0.717) is 6.07 Å². The zero-order valence-electron chi connectivity index (χ0n) is 11.0. The lowest BCUT2D eigenvalue weighted by Crippen LogP contribution is -2.11. The molecule has 2 aromatic rings. The van der Waals surface area contributed by atoms with Crippen LogP contribution in [0, 0.1) is 5.82 Å². The van der Waals surface area contributed by atoms with Gasteiger partial charge < -0.3 is 4.74 Å². The van der Waals surface area contributed by atoms with Crippen LogP contribution in [0.2, 0.25) is 0 Å². The molecule has 0 radical (unpaired) electrons. The van der Waals surface area contributed by atoms with Gasteiger partial charge in [0.05, 0.1) is 12.2 Å². The fourth-order valence-corrected chi connectivity index (χ4v) is 2.19. The maximum atomic E-state index is 14.2. The van der Waals surface area contributed by atoms with Gasteiger partial charge in [-0.25, -0.2) is 9.18 Å². The molecular formula is C12H8BrF4N3O2. The quantitative estimate of drug-likeness (QED) is 0.651. The number of carbonyl (C=O) groups excluding carboxylic acids is 1. The van der Waals surface area contributed by atoms with Crippen LogP contribution >= 0.6 is 15.9 Å². The Morgan fingerprint density at radius 3 is 2.64 bits per heavy atom. The molecule has 1 heterocycles. The van der Waals surface area contributed by atoms with Crippen molar-refractivity contribution in [2.45, 2.75) is 13.1 Å². The minimum Gasteiger partial charge on any atom is -0.461 e. The first kappa shape index (κ1) is 16.4. The van der Waals surface area contributed by atoms with E-state index in [0.717, 1.165) is 6.07 Å². The highest BCUT2D eigenvalue weighted by Crippen LogP contribution is 2.38. The fraction of sp³-hybridized carbons (Fsp3) is 0.250. The average Bonchev–Trinajstić information content (AvgIpc) is 2.89. The number of H-pyrrole nitrogens is 1. The van der Waals surface area contributed by atoms with Gasteiger partial charge in [0.25, 0.3) is 0 Å². The average molecular weight is 382 g/mol. The number of benzene rings is 1. The zero-order chi connectivity index (χ0) is 16.5. The Hall–Kier alpha value is -1.97. The van der Waals surface area contributed by atoms with Gasteiger partial charge in [-0.15, -0.1) is 5.10 Å². The first-order valence-corrected chi connectivity index (χ1v) is 6.69. The molecule has 5 nitrogen and oxygen atoms in total. The maximum absolute atomic E-state index is 14.2. The van der Waals surface area contributed by atoms with Gasteiger partial charge in [0.15, 0.2) is 5.69 Å². The molecule has 22 heavy (non-hydrogen) atoms. The van der Waals surface area contributed by atoms with Gasteiger partial charge in [0.2, 0.25) is 0 Å². The van der Waals surface area contributed by atoms with Crippen LogP contribution < -0.4 is 0 Å². The van der Waals surface area contributed by atoms with Crippen molar-refractivity contribution in [1.82, 2.24) is 15.4 Å². The minimum absolute atomic E-state index is 0.0194. The molecule has 0 aliphatic rings. The second-order valence-corrected chi connectivity index (χ2v) is 4.97. The topological polar surface area (TPSA) is 67.9 Å². The maximum Gasteiger partial charge on any atom is 0.419 e. The highest BCUT2D eigenvalue weighted by molar-refractivity contribution is 9.10. The van der Waals surface area contributed by atoms with Crippen molar-refractivity contribution in [1.29, 1.82) is 0 Å². The molecule has 0 fully saturated rings. The van der Waals surface area contributed by atoms with Crippen molar-refractivity contribution in [3.8, 4) is 11.3 Å². The number of halogens is 5. The number of nitrogens with zero attached hydrogens (tertiary/aromatic N) is 2. The molecule has 0 saturated carbocycles. The molecule has 118 valence electrons. The Morgan fingerprint density at radius 2 is 2.05 bits per heavy atom. The minimum atomic E-state index is -4.89. The summed E-state index contributed by atoms with van der Waals surface area (Å²) in [6.45, 7) is 1.57. The van der Waals surface area contributed by atoms with E-state index >= 15 is 0 Å². The largest absolute Gasteiger partial charge is 0.461 e. The molecule has 0 saturated heterocycles. The summed E-state index contributed by atoms with van der Waals surface area (Å²) in [6.07, 6.45) is -4.89. The predicted molar refractivity (Wildman–Crippen MR) is 70.4 cm³/mol. The number of ether oxygens (including phenoxy) is 1.